The lowest BCUT2D eigenvalue weighted by Crippen LogP contribution is -2.42. The van der Waals surface area contributed by atoms with E-state index in [-0.39, 0.29) is 18.0 Å². The maximum atomic E-state index is 12.5. The van der Waals surface area contributed by atoms with Gasteiger partial charge in [-0.15, -0.1) is 0 Å². The van der Waals surface area contributed by atoms with E-state index in [4.69, 9.17) is 9.26 Å². The molecule has 0 radical (unpaired) electrons. The molecule has 1 aliphatic rings. The van der Waals surface area contributed by atoms with Crippen molar-refractivity contribution in [3.63, 3.8) is 0 Å². The molecule has 1 saturated heterocycles. The first-order valence-corrected chi connectivity index (χ1v) is 10.0. The van der Waals surface area contributed by atoms with Crippen molar-refractivity contribution in [3.8, 4) is 11.1 Å². The molecule has 158 valence electrons. The fourth-order valence-corrected chi connectivity index (χ4v) is 3.91. The average Bonchev–Trinajstić information content (AvgIpc) is 3.06. The van der Waals surface area contributed by atoms with Crippen LogP contribution in [0.1, 0.15) is 48.9 Å². The van der Waals surface area contributed by atoms with Crippen molar-refractivity contribution in [2.24, 2.45) is 0 Å². The number of aromatic amines is 1. The molecule has 0 saturated carbocycles. The summed E-state index contributed by atoms with van der Waals surface area (Å²) in [5.41, 5.74) is 2.76. The van der Waals surface area contributed by atoms with Crippen molar-refractivity contribution in [2.45, 2.75) is 45.7 Å². The van der Waals surface area contributed by atoms with Crippen LogP contribution in [0.5, 0.6) is 0 Å². The molecule has 0 bridgehead atoms. The maximum Gasteiger partial charge on any atom is 0.355 e. The molecule has 1 aliphatic heterocycles. The fourth-order valence-electron chi connectivity index (χ4n) is 3.91. The largest absolute Gasteiger partial charge is 0.381 e. The summed E-state index contributed by atoms with van der Waals surface area (Å²) in [4.78, 5) is 31.8. The first-order chi connectivity index (χ1) is 14.4. The number of rotatable bonds is 5. The SMILES string of the molecule is Cc1noc(C)c1-c1cccc([C@H](C)Nc2nc(=O)n(C3CCOCC3)c(=O)[nH]2)c1. The molecule has 30 heavy (non-hydrogen) atoms. The third-order valence-electron chi connectivity index (χ3n) is 5.48. The summed E-state index contributed by atoms with van der Waals surface area (Å²) in [5, 5.41) is 7.14. The standard InChI is InChI=1S/C21H25N5O4/c1-12(15-5-4-6-16(11-15)18-13(2)25-30-14(18)3)22-19-23-20(27)26(21(28)24-19)17-7-9-29-10-8-17/h4-6,11-12,17H,7-10H2,1-3H3,(H2,22,23,24,27,28)/t12-/m0/s1. The van der Waals surface area contributed by atoms with Crippen molar-refractivity contribution < 1.29 is 9.26 Å². The molecule has 2 N–H and O–H groups in total. The Kier molecular flexibility index (Phi) is 5.54. The lowest BCUT2D eigenvalue weighted by molar-refractivity contribution is 0.0670. The Morgan fingerprint density at radius 1 is 1.23 bits per heavy atom. The summed E-state index contributed by atoms with van der Waals surface area (Å²) in [6.45, 7) is 6.80. The third-order valence-corrected chi connectivity index (χ3v) is 5.48. The normalized spacial score (nSPS) is 15.8. The van der Waals surface area contributed by atoms with Crippen LogP contribution in [0.4, 0.5) is 5.95 Å². The molecule has 1 aromatic carbocycles. The van der Waals surface area contributed by atoms with Gasteiger partial charge in [0.25, 0.3) is 0 Å². The zero-order valence-corrected chi connectivity index (χ0v) is 17.3. The Morgan fingerprint density at radius 2 is 2.00 bits per heavy atom. The number of aromatic nitrogens is 4. The predicted octanol–water partition coefficient (Wildman–Crippen LogP) is 2.73. The smallest absolute Gasteiger partial charge is 0.355 e. The number of hydrogen-bond donors (Lipinski definition) is 2. The minimum Gasteiger partial charge on any atom is -0.381 e. The van der Waals surface area contributed by atoms with E-state index >= 15 is 0 Å². The van der Waals surface area contributed by atoms with E-state index in [1.165, 1.54) is 4.57 Å². The van der Waals surface area contributed by atoms with Gasteiger partial charge in [0, 0.05) is 24.8 Å². The van der Waals surface area contributed by atoms with Gasteiger partial charge >= 0.3 is 11.4 Å². The molecule has 0 spiro atoms. The number of nitrogens with zero attached hydrogens (tertiary/aromatic N) is 3. The Bertz CT molecular complexity index is 1110. The minimum absolute atomic E-state index is 0.156. The van der Waals surface area contributed by atoms with Crippen molar-refractivity contribution in [3.05, 3.63) is 62.3 Å². The van der Waals surface area contributed by atoms with E-state index < -0.39 is 11.4 Å². The lowest BCUT2D eigenvalue weighted by atomic mass is 9.99. The second kappa shape index (κ2) is 8.27. The van der Waals surface area contributed by atoms with Crippen LogP contribution in [0, 0.1) is 13.8 Å². The topological polar surface area (TPSA) is 115 Å². The highest BCUT2D eigenvalue weighted by molar-refractivity contribution is 5.68. The van der Waals surface area contributed by atoms with Crippen LogP contribution in [0.15, 0.2) is 38.4 Å². The van der Waals surface area contributed by atoms with Gasteiger partial charge in [-0.25, -0.2) is 14.2 Å². The Hall–Kier alpha value is -3.20. The lowest BCUT2D eigenvalue weighted by Gasteiger charge is -2.23. The summed E-state index contributed by atoms with van der Waals surface area (Å²) < 4.78 is 11.8. The highest BCUT2D eigenvalue weighted by Crippen LogP contribution is 2.29. The van der Waals surface area contributed by atoms with E-state index in [2.05, 4.69) is 20.4 Å². The van der Waals surface area contributed by atoms with E-state index in [9.17, 15) is 9.59 Å². The van der Waals surface area contributed by atoms with E-state index in [1.807, 2.05) is 45.0 Å². The van der Waals surface area contributed by atoms with Gasteiger partial charge in [0.2, 0.25) is 5.95 Å². The number of anilines is 1. The second-order valence-electron chi connectivity index (χ2n) is 7.58. The Labute approximate surface area is 173 Å². The van der Waals surface area contributed by atoms with Gasteiger partial charge in [-0.2, -0.15) is 4.98 Å². The molecule has 0 unspecified atom stereocenters. The van der Waals surface area contributed by atoms with Crippen LogP contribution in [-0.2, 0) is 4.74 Å². The Balaban J connectivity index is 1.57. The number of hydrogen-bond acceptors (Lipinski definition) is 7. The molecule has 9 heteroatoms. The van der Waals surface area contributed by atoms with E-state index in [0.29, 0.717) is 26.1 Å². The van der Waals surface area contributed by atoms with Gasteiger partial charge in [-0.05, 0) is 50.8 Å². The van der Waals surface area contributed by atoms with E-state index in [1.54, 1.807) is 0 Å². The molecular weight excluding hydrogens is 386 g/mol. The van der Waals surface area contributed by atoms with Crippen molar-refractivity contribution in [2.75, 3.05) is 18.5 Å². The molecule has 2 aromatic heterocycles. The first kappa shape index (κ1) is 20.1. The quantitative estimate of drug-likeness (QED) is 0.663. The molecule has 3 aromatic rings. The molecule has 4 rings (SSSR count). The minimum atomic E-state index is -0.551. The van der Waals surface area contributed by atoms with Crippen LogP contribution in [-0.4, -0.2) is 32.9 Å². The molecule has 9 nitrogen and oxygen atoms in total. The maximum absolute atomic E-state index is 12.5. The third kappa shape index (κ3) is 3.93. The van der Waals surface area contributed by atoms with Crippen molar-refractivity contribution >= 4 is 5.95 Å². The second-order valence-corrected chi connectivity index (χ2v) is 7.58. The molecule has 1 fully saturated rings. The first-order valence-electron chi connectivity index (χ1n) is 10.0. The van der Waals surface area contributed by atoms with Gasteiger partial charge in [-0.1, -0.05) is 23.4 Å². The summed E-state index contributed by atoms with van der Waals surface area (Å²) in [6, 6.07) is 7.59. The van der Waals surface area contributed by atoms with Crippen LogP contribution >= 0.6 is 0 Å². The van der Waals surface area contributed by atoms with Crippen LogP contribution in [0.2, 0.25) is 0 Å². The van der Waals surface area contributed by atoms with Crippen LogP contribution in [0.3, 0.4) is 0 Å². The van der Waals surface area contributed by atoms with Crippen molar-refractivity contribution in [1.29, 1.82) is 0 Å². The molecular formula is C21H25N5O4. The van der Waals surface area contributed by atoms with Crippen molar-refractivity contribution in [1.82, 2.24) is 19.7 Å². The van der Waals surface area contributed by atoms with E-state index in [0.717, 1.165) is 28.1 Å². The number of H-pyrrole nitrogens is 1. The average molecular weight is 411 g/mol. The van der Waals surface area contributed by atoms with Gasteiger partial charge in [0.15, 0.2) is 0 Å². The monoisotopic (exact) mass is 411 g/mol. The van der Waals surface area contributed by atoms with Gasteiger partial charge < -0.3 is 14.6 Å². The zero-order valence-electron chi connectivity index (χ0n) is 17.3. The highest BCUT2D eigenvalue weighted by Gasteiger charge is 2.21. The summed E-state index contributed by atoms with van der Waals surface area (Å²) in [7, 11) is 0. The van der Waals surface area contributed by atoms with Gasteiger partial charge in [0.05, 0.1) is 11.7 Å². The number of aryl methyl sites for hydroxylation is 2. The molecule has 0 aliphatic carbocycles. The molecule has 1 atom stereocenters. The fraction of sp³-hybridized carbons (Fsp3) is 0.429. The highest BCUT2D eigenvalue weighted by atomic mass is 16.5. The van der Waals surface area contributed by atoms with Gasteiger partial charge in [-0.3, -0.25) is 4.98 Å². The number of benzene rings is 1. The molecule has 3 heterocycles. The summed E-state index contributed by atoms with van der Waals surface area (Å²) >= 11 is 0. The van der Waals surface area contributed by atoms with Crippen LogP contribution in [0.25, 0.3) is 11.1 Å². The Morgan fingerprint density at radius 3 is 2.67 bits per heavy atom. The number of nitrogens with one attached hydrogen (secondary N) is 2. The molecule has 0 amide bonds. The van der Waals surface area contributed by atoms with Gasteiger partial charge in [0.1, 0.15) is 5.76 Å². The summed E-state index contributed by atoms with van der Waals surface area (Å²) in [6.07, 6.45) is 1.25. The predicted molar refractivity (Wildman–Crippen MR) is 112 cm³/mol. The zero-order chi connectivity index (χ0) is 21.3. The summed E-state index contributed by atoms with van der Waals surface area (Å²) in [5.74, 6) is 0.913. The van der Waals surface area contributed by atoms with Crippen LogP contribution < -0.4 is 16.7 Å². The number of ether oxygens (including phenoxy) is 1.